The zero-order valence-corrected chi connectivity index (χ0v) is 21.1. The summed E-state index contributed by atoms with van der Waals surface area (Å²) in [4.78, 5) is 24.3. The molecule has 5 rings (SSSR count). The fourth-order valence-electron chi connectivity index (χ4n) is 4.87. The van der Waals surface area contributed by atoms with Crippen molar-refractivity contribution < 1.29 is 9.53 Å². The second kappa shape index (κ2) is 9.94. The molecule has 36 heavy (non-hydrogen) atoms. The number of H-pyrrole nitrogens is 1. The first-order chi connectivity index (χ1) is 17.4. The van der Waals surface area contributed by atoms with E-state index in [1.165, 1.54) is 37.3 Å². The van der Waals surface area contributed by atoms with Crippen molar-refractivity contribution in [2.75, 3.05) is 37.9 Å². The van der Waals surface area contributed by atoms with Crippen LogP contribution in [0.1, 0.15) is 45.8 Å². The van der Waals surface area contributed by atoms with Crippen molar-refractivity contribution in [2.24, 2.45) is 0 Å². The molecular weight excluding hydrogens is 454 g/mol. The van der Waals surface area contributed by atoms with Gasteiger partial charge in [-0.15, -0.1) is 0 Å². The highest BCUT2D eigenvalue weighted by atomic mass is 16.5. The second-order valence-electron chi connectivity index (χ2n) is 9.43. The maximum atomic E-state index is 13.1. The van der Waals surface area contributed by atoms with Gasteiger partial charge in [0.1, 0.15) is 5.56 Å². The Bertz CT molecular complexity index is 1410. The van der Waals surface area contributed by atoms with E-state index in [0.717, 1.165) is 35.2 Å². The predicted molar refractivity (Wildman–Crippen MR) is 141 cm³/mol. The molecule has 9 heteroatoms. The number of nitrogens with one attached hydrogen (secondary N) is 3. The van der Waals surface area contributed by atoms with Crippen molar-refractivity contribution in [1.82, 2.24) is 25.1 Å². The molecule has 1 saturated heterocycles. The van der Waals surface area contributed by atoms with Gasteiger partial charge in [-0.25, -0.2) is 4.98 Å². The van der Waals surface area contributed by atoms with Gasteiger partial charge in [0.15, 0.2) is 0 Å². The van der Waals surface area contributed by atoms with Gasteiger partial charge in [0, 0.05) is 17.3 Å². The Morgan fingerprint density at radius 3 is 2.67 bits per heavy atom. The standard InChI is InChI=1S/C27H31N7O2/c1-16-5-8-23-21(15-29-33-23)24(16)31-25(35)22-14-28-27(32-26(22)36-4)30-19-6-7-20(17(2)13-19)18-9-11-34(3)12-10-18/h5-8,13-15,18H,9-12H2,1-4H3,(H,29,33)(H,31,35)(H,28,30,32). The molecule has 9 nitrogen and oxygen atoms in total. The Hall–Kier alpha value is -3.98. The number of nitrogens with zero attached hydrogens (tertiary/aromatic N) is 4. The molecule has 2 aromatic heterocycles. The number of carbonyl (C=O) groups excluding carboxylic acids is 1. The lowest BCUT2D eigenvalue weighted by molar-refractivity contribution is 0.102. The van der Waals surface area contributed by atoms with Crippen LogP contribution in [0, 0.1) is 13.8 Å². The lowest BCUT2D eigenvalue weighted by Crippen LogP contribution is -2.29. The molecule has 0 atom stereocenters. The molecule has 4 aromatic rings. The number of benzene rings is 2. The number of aromatic amines is 1. The number of aryl methyl sites for hydroxylation is 2. The number of likely N-dealkylation sites (tertiary alicyclic amines) is 1. The van der Waals surface area contributed by atoms with Crippen LogP contribution in [-0.2, 0) is 0 Å². The quantitative estimate of drug-likeness (QED) is 0.361. The van der Waals surface area contributed by atoms with Crippen LogP contribution >= 0.6 is 0 Å². The van der Waals surface area contributed by atoms with E-state index >= 15 is 0 Å². The van der Waals surface area contributed by atoms with Gasteiger partial charge in [-0.05, 0) is 87.6 Å². The third kappa shape index (κ3) is 4.74. The van der Waals surface area contributed by atoms with Gasteiger partial charge >= 0.3 is 0 Å². The summed E-state index contributed by atoms with van der Waals surface area (Å²) < 4.78 is 5.44. The van der Waals surface area contributed by atoms with Gasteiger partial charge in [-0.2, -0.15) is 10.1 Å². The summed E-state index contributed by atoms with van der Waals surface area (Å²) in [6.45, 7) is 6.35. The highest BCUT2D eigenvalue weighted by Gasteiger charge is 2.21. The molecular formula is C27H31N7O2. The van der Waals surface area contributed by atoms with Crippen LogP contribution in [-0.4, -0.2) is 58.2 Å². The van der Waals surface area contributed by atoms with Gasteiger partial charge in [-0.3, -0.25) is 9.89 Å². The Morgan fingerprint density at radius 2 is 1.92 bits per heavy atom. The number of fused-ring (bicyclic) bond motifs is 1. The van der Waals surface area contributed by atoms with E-state index in [1.54, 1.807) is 6.20 Å². The van der Waals surface area contributed by atoms with Crippen LogP contribution in [0.15, 0.2) is 42.7 Å². The molecule has 186 valence electrons. The van der Waals surface area contributed by atoms with Crippen molar-refractivity contribution in [1.29, 1.82) is 0 Å². The van der Waals surface area contributed by atoms with Gasteiger partial charge in [0.25, 0.3) is 5.91 Å². The number of carbonyl (C=O) groups is 1. The molecule has 1 amide bonds. The zero-order chi connectivity index (χ0) is 25.2. The molecule has 1 aliphatic heterocycles. The molecule has 2 aromatic carbocycles. The molecule has 0 saturated carbocycles. The minimum atomic E-state index is -0.353. The van der Waals surface area contributed by atoms with Crippen LogP contribution in [0.25, 0.3) is 10.9 Å². The first-order valence-corrected chi connectivity index (χ1v) is 12.1. The molecule has 0 aliphatic carbocycles. The number of anilines is 3. The molecule has 0 spiro atoms. The first kappa shape index (κ1) is 23.7. The van der Waals surface area contributed by atoms with E-state index in [9.17, 15) is 4.79 Å². The Balaban J connectivity index is 1.33. The minimum absolute atomic E-state index is 0.196. The average Bonchev–Trinajstić information content (AvgIpc) is 3.35. The van der Waals surface area contributed by atoms with Crippen LogP contribution in [0.4, 0.5) is 17.3 Å². The maximum Gasteiger partial charge on any atom is 0.262 e. The number of hydrogen-bond acceptors (Lipinski definition) is 7. The number of ether oxygens (including phenoxy) is 1. The third-order valence-corrected chi connectivity index (χ3v) is 6.95. The molecule has 0 unspecified atom stereocenters. The normalized spacial score (nSPS) is 14.7. The van der Waals surface area contributed by atoms with Crippen LogP contribution in [0.5, 0.6) is 5.88 Å². The van der Waals surface area contributed by atoms with E-state index < -0.39 is 0 Å². The summed E-state index contributed by atoms with van der Waals surface area (Å²) in [6, 6.07) is 10.2. The largest absolute Gasteiger partial charge is 0.480 e. The number of amides is 1. The monoisotopic (exact) mass is 485 g/mol. The molecule has 0 radical (unpaired) electrons. The summed E-state index contributed by atoms with van der Waals surface area (Å²) in [5.41, 5.74) is 6.26. The third-order valence-electron chi connectivity index (χ3n) is 6.95. The van der Waals surface area contributed by atoms with Crippen molar-refractivity contribution in [3.8, 4) is 5.88 Å². The topological polar surface area (TPSA) is 108 Å². The predicted octanol–water partition coefficient (Wildman–Crippen LogP) is 4.78. The van der Waals surface area contributed by atoms with Crippen LogP contribution < -0.4 is 15.4 Å². The molecule has 1 fully saturated rings. The van der Waals surface area contributed by atoms with Crippen molar-refractivity contribution in [3.05, 3.63) is 65.0 Å². The molecule has 1 aliphatic rings. The van der Waals surface area contributed by atoms with Crippen molar-refractivity contribution in [2.45, 2.75) is 32.6 Å². The number of hydrogen-bond donors (Lipinski definition) is 3. The number of aromatic nitrogens is 4. The van der Waals surface area contributed by atoms with Crippen molar-refractivity contribution in [3.63, 3.8) is 0 Å². The van der Waals surface area contributed by atoms with Gasteiger partial charge in [-0.1, -0.05) is 12.1 Å². The van der Waals surface area contributed by atoms with Gasteiger partial charge in [0.05, 0.1) is 24.5 Å². The molecule has 3 N–H and O–H groups in total. The fourth-order valence-corrected chi connectivity index (χ4v) is 4.87. The van der Waals surface area contributed by atoms with E-state index in [0.29, 0.717) is 17.6 Å². The number of methoxy groups -OCH3 is 1. The fraction of sp³-hybridized carbons (Fsp3) is 0.333. The lowest BCUT2D eigenvalue weighted by Gasteiger charge is -2.30. The number of piperidine rings is 1. The van der Waals surface area contributed by atoms with E-state index in [2.05, 4.69) is 67.9 Å². The van der Waals surface area contributed by atoms with Crippen molar-refractivity contribution >= 4 is 34.1 Å². The summed E-state index contributed by atoms with van der Waals surface area (Å²) in [6.07, 6.45) is 5.54. The minimum Gasteiger partial charge on any atom is -0.480 e. The Labute approximate surface area is 210 Å². The van der Waals surface area contributed by atoms with Gasteiger partial charge < -0.3 is 20.3 Å². The highest BCUT2D eigenvalue weighted by molar-refractivity contribution is 6.10. The summed E-state index contributed by atoms with van der Waals surface area (Å²) >= 11 is 0. The second-order valence-corrected chi connectivity index (χ2v) is 9.43. The first-order valence-electron chi connectivity index (χ1n) is 12.1. The lowest BCUT2D eigenvalue weighted by atomic mass is 9.87. The zero-order valence-electron chi connectivity index (χ0n) is 21.1. The summed E-state index contributed by atoms with van der Waals surface area (Å²) in [5, 5.41) is 14.0. The molecule has 3 heterocycles. The summed E-state index contributed by atoms with van der Waals surface area (Å²) in [7, 11) is 3.67. The van der Waals surface area contributed by atoms with E-state index in [1.807, 2.05) is 19.1 Å². The average molecular weight is 486 g/mol. The maximum absolute atomic E-state index is 13.1. The highest BCUT2D eigenvalue weighted by Crippen LogP contribution is 2.32. The van der Waals surface area contributed by atoms with Gasteiger partial charge in [0.2, 0.25) is 11.8 Å². The van der Waals surface area contributed by atoms with E-state index in [-0.39, 0.29) is 17.4 Å². The smallest absolute Gasteiger partial charge is 0.262 e. The summed E-state index contributed by atoms with van der Waals surface area (Å²) in [5.74, 6) is 0.805. The SMILES string of the molecule is COc1nc(Nc2ccc(C3CCN(C)CC3)c(C)c2)ncc1C(=O)Nc1c(C)ccc2[nH]ncc12. The van der Waals surface area contributed by atoms with Crippen LogP contribution in [0.2, 0.25) is 0 Å². The van der Waals surface area contributed by atoms with Crippen LogP contribution in [0.3, 0.4) is 0 Å². The number of rotatable bonds is 6. The van der Waals surface area contributed by atoms with E-state index in [4.69, 9.17) is 4.74 Å². The molecule has 0 bridgehead atoms. The Morgan fingerprint density at radius 1 is 1.11 bits per heavy atom. The Kier molecular flexibility index (Phi) is 6.56.